The Morgan fingerprint density at radius 1 is 1.11 bits per heavy atom. The van der Waals surface area contributed by atoms with Crippen molar-refractivity contribution in [3.05, 3.63) is 41.5 Å². The lowest BCUT2D eigenvalue weighted by molar-refractivity contribution is -0.296. The Kier molecular flexibility index (Phi) is 8.75. The average Bonchev–Trinajstić information content (AvgIpc) is 3.01. The number of nitrogens with zero attached hydrogens (tertiary/aromatic N) is 1. The van der Waals surface area contributed by atoms with E-state index >= 15 is 0 Å². The summed E-state index contributed by atoms with van der Waals surface area (Å²) in [6, 6.07) is 7.70. The van der Waals surface area contributed by atoms with Crippen LogP contribution in [0, 0.1) is 0 Å². The van der Waals surface area contributed by atoms with Crippen molar-refractivity contribution < 1.29 is 32.9 Å². The number of hydrogen-bond donors (Lipinski definition) is 0. The highest BCUT2D eigenvalue weighted by Gasteiger charge is 2.60. The second kappa shape index (κ2) is 10.9. The first kappa shape index (κ1) is 28.8. The third-order valence-electron chi connectivity index (χ3n) is 7.55. The highest BCUT2D eigenvalue weighted by molar-refractivity contribution is 6.74. The molecular weight excluding hydrogens is 478 g/mol. The fourth-order valence-electron chi connectivity index (χ4n) is 4.16. The van der Waals surface area contributed by atoms with Crippen molar-refractivity contribution in [2.45, 2.75) is 76.7 Å². The van der Waals surface area contributed by atoms with Crippen LogP contribution in [0.4, 0.5) is 0 Å². The molecule has 2 fully saturated rings. The van der Waals surface area contributed by atoms with Crippen molar-refractivity contribution >= 4 is 14.2 Å². The molecule has 1 unspecified atom stereocenters. The summed E-state index contributed by atoms with van der Waals surface area (Å²) >= 11 is 0. The van der Waals surface area contributed by atoms with Gasteiger partial charge in [-0.1, -0.05) is 32.9 Å². The van der Waals surface area contributed by atoms with Gasteiger partial charge in [0.25, 0.3) is 5.91 Å². The number of rotatable bonds is 9. The molecule has 1 amide bonds. The summed E-state index contributed by atoms with van der Waals surface area (Å²) in [4.78, 5) is 15.8. The van der Waals surface area contributed by atoms with Gasteiger partial charge in [0, 0.05) is 19.2 Å². The van der Waals surface area contributed by atoms with E-state index in [0.29, 0.717) is 18.7 Å². The summed E-state index contributed by atoms with van der Waals surface area (Å²) in [6.07, 6.45) is 1.28. The van der Waals surface area contributed by atoms with Gasteiger partial charge in [0.2, 0.25) is 0 Å². The zero-order chi connectivity index (χ0) is 26.8. The minimum atomic E-state index is -2.00. The number of amides is 1. The van der Waals surface area contributed by atoms with E-state index in [1.165, 1.54) is 0 Å². The number of carbonyl (C=O) groups excluding carboxylic acids is 1. The van der Waals surface area contributed by atoms with Crippen LogP contribution < -0.4 is 4.74 Å². The fourth-order valence-corrected chi connectivity index (χ4v) is 5.10. The van der Waals surface area contributed by atoms with Gasteiger partial charge in [-0.25, -0.2) is 0 Å². The van der Waals surface area contributed by atoms with Gasteiger partial charge >= 0.3 is 0 Å². The van der Waals surface area contributed by atoms with E-state index in [-0.39, 0.29) is 31.0 Å². The number of likely N-dealkylation sites (tertiary alicyclic amines) is 1. The molecule has 1 atom stereocenters. The topological polar surface area (TPSA) is 75.7 Å². The largest absolute Gasteiger partial charge is 0.497 e. The molecule has 0 N–H and O–H groups in total. The van der Waals surface area contributed by atoms with Crippen LogP contribution in [0.15, 0.2) is 35.9 Å². The molecule has 2 aliphatic heterocycles. The lowest BCUT2D eigenvalue weighted by Gasteiger charge is -2.47. The standard InChI is InChI=1S/C27H43NO7Si/c1-25(2,3)36(8,9)35-15-14-22-23(32-19-30-6)27(17-33-26(4,5)34-18-27)28(24(22)29)16-20-10-12-21(31-7)13-11-20/h10-14,23H,15-19H2,1-9H3/b22-14-. The first-order valence-electron chi connectivity index (χ1n) is 12.4. The molecule has 8 nitrogen and oxygen atoms in total. The van der Waals surface area contributed by atoms with Crippen molar-refractivity contribution in [2.75, 3.05) is 40.8 Å². The molecule has 2 heterocycles. The minimum absolute atomic E-state index is 0.0416. The zero-order valence-corrected chi connectivity index (χ0v) is 24.3. The maximum absolute atomic E-state index is 14.0. The van der Waals surface area contributed by atoms with Gasteiger partial charge in [0.15, 0.2) is 14.1 Å². The molecule has 0 aliphatic carbocycles. The van der Waals surface area contributed by atoms with E-state index in [1.54, 1.807) is 14.2 Å². The maximum Gasteiger partial charge on any atom is 0.253 e. The summed E-state index contributed by atoms with van der Waals surface area (Å²) in [6.45, 7) is 16.0. The molecule has 0 radical (unpaired) electrons. The third kappa shape index (κ3) is 6.03. The Hall–Kier alpha value is -1.75. The van der Waals surface area contributed by atoms with Crippen molar-refractivity contribution in [3.63, 3.8) is 0 Å². The lowest BCUT2D eigenvalue weighted by atomic mass is 9.91. The number of ether oxygens (including phenoxy) is 5. The summed E-state index contributed by atoms with van der Waals surface area (Å²) in [5, 5.41) is 0.0649. The van der Waals surface area contributed by atoms with Crippen molar-refractivity contribution in [1.82, 2.24) is 4.90 Å². The molecule has 0 saturated carbocycles. The fraction of sp³-hybridized carbons (Fsp3) is 0.667. The molecule has 1 spiro atoms. The molecule has 202 valence electrons. The van der Waals surface area contributed by atoms with E-state index in [0.717, 1.165) is 11.3 Å². The van der Waals surface area contributed by atoms with Gasteiger partial charge in [0.1, 0.15) is 24.2 Å². The highest BCUT2D eigenvalue weighted by Crippen LogP contribution is 2.43. The number of carbonyl (C=O) groups is 1. The van der Waals surface area contributed by atoms with E-state index < -0.39 is 25.7 Å². The van der Waals surface area contributed by atoms with Crippen LogP contribution >= 0.6 is 0 Å². The second-order valence-electron chi connectivity index (χ2n) is 11.5. The average molecular weight is 522 g/mol. The number of hydrogen-bond acceptors (Lipinski definition) is 7. The van der Waals surface area contributed by atoms with Crippen LogP contribution in [0.25, 0.3) is 0 Å². The lowest BCUT2D eigenvalue weighted by Crippen LogP contribution is -2.63. The SMILES string of the molecule is COCOC1/C(=C/CO[Si](C)(C)C(C)(C)C)C(=O)N(Cc2ccc(OC)cc2)C12COC(C)(C)OC2. The van der Waals surface area contributed by atoms with Crippen LogP contribution in [0.3, 0.4) is 0 Å². The smallest absolute Gasteiger partial charge is 0.253 e. The quantitative estimate of drug-likeness (QED) is 0.269. The Bertz CT molecular complexity index is 926. The van der Waals surface area contributed by atoms with E-state index in [1.807, 2.05) is 49.1 Å². The molecule has 9 heteroatoms. The molecular formula is C27H43NO7Si. The molecule has 3 rings (SSSR count). The summed E-state index contributed by atoms with van der Waals surface area (Å²) in [5.74, 6) is -0.0984. The van der Waals surface area contributed by atoms with Gasteiger partial charge < -0.3 is 33.0 Å². The van der Waals surface area contributed by atoms with Gasteiger partial charge in [-0.15, -0.1) is 0 Å². The van der Waals surface area contributed by atoms with Crippen LogP contribution in [-0.4, -0.2) is 77.4 Å². The molecule has 2 saturated heterocycles. The van der Waals surface area contributed by atoms with E-state index in [2.05, 4.69) is 33.9 Å². The first-order chi connectivity index (χ1) is 16.8. The maximum atomic E-state index is 14.0. The predicted octanol–water partition coefficient (Wildman–Crippen LogP) is 4.50. The van der Waals surface area contributed by atoms with Crippen molar-refractivity contribution in [2.24, 2.45) is 0 Å². The number of methoxy groups -OCH3 is 2. The minimum Gasteiger partial charge on any atom is -0.497 e. The Labute approximate surface area is 217 Å². The van der Waals surface area contributed by atoms with Crippen LogP contribution in [0.1, 0.15) is 40.2 Å². The van der Waals surface area contributed by atoms with Gasteiger partial charge in [-0.2, -0.15) is 0 Å². The highest BCUT2D eigenvalue weighted by atomic mass is 28.4. The van der Waals surface area contributed by atoms with Crippen LogP contribution in [0.5, 0.6) is 5.75 Å². The normalized spacial score (nSPS) is 23.0. The molecule has 1 aromatic rings. The first-order valence-corrected chi connectivity index (χ1v) is 15.3. The van der Waals surface area contributed by atoms with Gasteiger partial charge in [-0.3, -0.25) is 4.79 Å². The molecule has 36 heavy (non-hydrogen) atoms. The van der Waals surface area contributed by atoms with E-state index in [9.17, 15) is 4.79 Å². The summed E-state index contributed by atoms with van der Waals surface area (Å²) in [7, 11) is 1.20. The second-order valence-corrected chi connectivity index (χ2v) is 16.3. The Balaban J connectivity index is 1.97. The Morgan fingerprint density at radius 2 is 1.72 bits per heavy atom. The zero-order valence-electron chi connectivity index (χ0n) is 23.3. The predicted molar refractivity (Wildman–Crippen MR) is 140 cm³/mol. The van der Waals surface area contributed by atoms with Crippen molar-refractivity contribution in [3.8, 4) is 5.75 Å². The monoisotopic (exact) mass is 521 g/mol. The van der Waals surface area contributed by atoms with E-state index in [4.69, 9.17) is 28.1 Å². The van der Waals surface area contributed by atoms with Crippen LogP contribution in [0.2, 0.25) is 18.1 Å². The third-order valence-corrected chi connectivity index (χ3v) is 12.0. The van der Waals surface area contributed by atoms with Crippen molar-refractivity contribution in [1.29, 1.82) is 0 Å². The molecule has 1 aromatic carbocycles. The number of benzene rings is 1. The Morgan fingerprint density at radius 3 is 2.25 bits per heavy atom. The molecule has 2 aliphatic rings. The summed E-state index contributed by atoms with van der Waals surface area (Å²) < 4.78 is 35.3. The van der Waals surface area contributed by atoms with Gasteiger partial charge in [0.05, 0.1) is 26.9 Å². The molecule has 0 bridgehead atoms. The van der Waals surface area contributed by atoms with Crippen LogP contribution in [-0.2, 0) is 34.7 Å². The van der Waals surface area contributed by atoms with Gasteiger partial charge in [-0.05, 0) is 55.8 Å². The summed E-state index contributed by atoms with van der Waals surface area (Å²) in [5.41, 5.74) is 0.678. The molecule has 0 aromatic heterocycles.